The Morgan fingerprint density at radius 1 is 1.08 bits per heavy atom. The topological polar surface area (TPSA) is 83.8 Å². The summed E-state index contributed by atoms with van der Waals surface area (Å²) in [6.07, 6.45) is 5.62. The Bertz CT molecular complexity index is 1970. The molecule has 0 amide bonds. The molecule has 5 aromatic rings. The van der Waals surface area contributed by atoms with Crippen LogP contribution in [0.25, 0.3) is 22.3 Å². The van der Waals surface area contributed by atoms with Crippen LogP contribution in [0.5, 0.6) is 0 Å². The normalized spacial score (nSPS) is 19.3. The first-order chi connectivity index (χ1) is 22.8. The van der Waals surface area contributed by atoms with Crippen molar-refractivity contribution in [3.05, 3.63) is 94.9 Å². The Morgan fingerprint density at radius 2 is 1.90 bits per heavy atom. The number of H-pyrrole nitrogens is 1. The molecule has 2 unspecified atom stereocenters. The average molecular weight is 689 g/mol. The van der Waals surface area contributed by atoms with Crippen molar-refractivity contribution >= 4 is 40.4 Å². The number of carboxylic acid groups (broad SMARTS) is 1. The smallest absolute Gasteiger partial charge is 0.306 e. The van der Waals surface area contributed by atoms with Crippen LogP contribution in [0.2, 0.25) is 0 Å². The maximum absolute atomic E-state index is 15.7. The third-order valence-electron chi connectivity index (χ3n) is 9.57. The first-order valence-corrected chi connectivity index (χ1v) is 18.4. The highest BCUT2D eigenvalue weighted by Gasteiger charge is 2.35. The van der Waals surface area contributed by atoms with Gasteiger partial charge in [-0.15, -0.1) is 0 Å². The number of aliphatic carboxylic acids is 1. The number of carboxylic acids is 1. The largest absolute Gasteiger partial charge is 0.481 e. The van der Waals surface area contributed by atoms with E-state index >= 15 is 8.78 Å². The van der Waals surface area contributed by atoms with Gasteiger partial charge in [-0.05, 0) is 96.5 Å². The van der Waals surface area contributed by atoms with Crippen molar-refractivity contribution in [2.45, 2.75) is 75.0 Å². The van der Waals surface area contributed by atoms with Crippen LogP contribution < -0.4 is 0 Å². The molecular weight excluding hydrogens is 647 g/mol. The van der Waals surface area contributed by atoms with E-state index in [-0.39, 0.29) is 11.2 Å². The van der Waals surface area contributed by atoms with E-state index in [1.165, 1.54) is 17.8 Å². The predicted octanol–water partition coefficient (Wildman–Crippen LogP) is 9.45. The Morgan fingerprint density at radius 3 is 2.69 bits per heavy atom. The minimum Gasteiger partial charge on any atom is -0.481 e. The van der Waals surface area contributed by atoms with Gasteiger partial charge in [0, 0.05) is 29.0 Å². The number of aryl methyl sites for hydroxylation is 2. The van der Waals surface area contributed by atoms with Crippen LogP contribution in [0.4, 0.5) is 8.78 Å². The molecule has 4 bridgehead atoms. The molecule has 3 heterocycles. The molecule has 6 nitrogen and oxygen atoms in total. The first kappa shape index (κ1) is 34.2. The predicted molar refractivity (Wildman–Crippen MR) is 191 cm³/mol. The zero-order valence-electron chi connectivity index (χ0n) is 28.1. The van der Waals surface area contributed by atoms with Crippen LogP contribution in [-0.2, 0) is 30.1 Å². The third kappa shape index (κ3) is 7.06. The quantitative estimate of drug-likeness (QED) is 0.196. The van der Waals surface area contributed by atoms with Crippen LogP contribution in [0.3, 0.4) is 0 Å². The average Bonchev–Trinajstić information content (AvgIpc) is 3.67. The number of aromatic nitrogens is 4. The van der Waals surface area contributed by atoms with Crippen LogP contribution >= 0.6 is 23.5 Å². The highest BCUT2D eigenvalue weighted by Crippen LogP contribution is 2.42. The fourth-order valence-corrected chi connectivity index (χ4v) is 8.90. The Labute approximate surface area is 289 Å². The first-order valence-electron chi connectivity index (χ1n) is 16.4. The zero-order chi connectivity index (χ0) is 34.2. The lowest BCUT2D eigenvalue weighted by Gasteiger charge is -2.31. The van der Waals surface area contributed by atoms with Crippen molar-refractivity contribution in [2.24, 2.45) is 18.4 Å². The lowest BCUT2D eigenvalue weighted by molar-refractivity contribution is -0.141. The van der Waals surface area contributed by atoms with Crippen molar-refractivity contribution < 1.29 is 18.7 Å². The third-order valence-corrected chi connectivity index (χ3v) is 12.2. The standard InChI is InChI=1S/C38H42F2N4O2S2/c1-23(35(45)46)18-24-8-6-9-25(19-24)38(4)15-7-14-37(2,3)22-47-17-13-28-27-12-16-41-32(27)21-31(40)33(28)48-26-10-11-30(39)29(20-26)34-42-36(38)43-44(34)5/h6,8-12,16,19-21,23,41H,7,13-15,17-18,22H2,1-5H3,(H,45,46). The molecule has 0 saturated carbocycles. The number of fused-ring (bicyclic) bond motifs is 8. The van der Waals surface area contributed by atoms with E-state index in [1.807, 2.05) is 36.2 Å². The minimum atomic E-state index is -0.828. The molecular formula is C38H42F2N4O2S2. The van der Waals surface area contributed by atoms with Gasteiger partial charge in [0.2, 0.25) is 0 Å². The lowest BCUT2D eigenvalue weighted by atomic mass is 9.75. The van der Waals surface area contributed by atoms with E-state index in [0.717, 1.165) is 58.4 Å². The monoisotopic (exact) mass is 688 g/mol. The Hall–Kier alpha value is -3.63. The second-order valence-electron chi connectivity index (χ2n) is 14.0. The summed E-state index contributed by atoms with van der Waals surface area (Å²) in [5.41, 5.74) is 3.43. The number of hydrogen-bond donors (Lipinski definition) is 2. The second kappa shape index (κ2) is 13.7. The molecule has 0 radical (unpaired) electrons. The van der Waals surface area contributed by atoms with Crippen molar-refractivity contribution in [3.63, 3.8) is 0 Å². The van der Waals surface area contributed by atoms with Crippen LogP contribution in [0.1, 0.15) is 69.5 Å². The van der Waals surface area contributed by atoms with Crippen molar-refractivity contribution in [2.75, 3.05) is 11.5 Å². The highest BCUT2D eigenvalue weighted by atomic mass is 32.2. The number of rotatable bonds is 4. The van der Waals surface area contributed by atoms with Gasteiger partial charge in [0.05, 0.1) is 21.8 Å². The van der Waals surface area contributed by atoms with Gasteiger partial charge < -0.3 is 10.1 Å². The zero-order valence-corrected chi connectivity index (χ0v) is 29.7. The van der Waals surface area contributed by atoms with E-state index in [4.69, 9.17) is 10.1 Å². The second-order valence-corrected chi connectivity index (χ2v) is 16.2. The van der Waals surface area contributed by atoms with Gasteiger partial charge in [0.1, 0.15) is 11.6 Å². The molecule has 48 heavy (non-hydrogen) atoms. The molecule has 0 saturated heterocycles. The molecule has 10 heteroatoms. The summed E-state index contributed by atoms with van der Waals surface area (Å²) in [5, 5.41) is 15.4. The van der Waals surface area contributed by atoms with Gasteiger partial charge in [-0.2, -0.15) is 16.9 Å². The minimum absolute atomic E-state index is 0.0575. The molecule has 3 aromatic carbocycles. The number of nitrogens with one attached hydrogen (secondary N) is 1. The summed E-state index contributed by atoms with van der Waals surface area (Å²) in [7, 11) is 1.77. The van der Waals surface area contributed by atoms with E-state index in [0.29, 0.717) is 39.8 Å². The fraction of sp³-hybridized carbons (Fsp3) is 0.395. The van der Waals surface area contributed by atoms with Gasteiger partial charge in [-0.1, -0.05) is 63.2 Å². The maximum atomic E-state index is 15.7. The number of benzene rings is 3. The van der Waals surface area contributed by atoms with Crippen LogP contribution in [-0.4, -0.2) is 42.3 Å². The highest BCUT2D eigenvalue weighted by molar-refractivity contribution is 7.99. The number of hydrogen-bond acceptors (Lipinski definition) is 5. The molecule has 2 atom stereocenters. The van der Waals surface area contributed by atoms with Crippen molar-refractivity contribution in [3.8, 4) is 11.4 Å². The number of thioether (sulfide) groups is 1. The molecule has 0 spiro atoms. The molecule has 6 rings (SSSR count). The summed E-state index contributed by atoms with van der Waals surface area (Å²) < 4.78 is 33.0. The molecule has 2 N–H and O–H groups in total. The molecule has 0 fully saturated rings. The summed E-state index contributed by atoms with van der Waals surface area (Å²) in [6, 6.07) is 16.5. The van der Waals surface area contributed by atoms with Crippen LogP contribution in [0, 0.1) is 23.0 Å². The van der Waals surface area contributed by atoms with Crippen LogP contribution in [0.15, 0.2) is 70.6 Å². The number of nitrogens with zero attached hydrogens (tertiary/aromatic N) is 3. The Balaban J connectivity index is 1.46. The maximum Gasteiger partial charge on any atom is 0.306 e. The Kier molecular flexibility index (Phi) is 9.78. The van der Waals surface area contributed by atoms with E-state index in [1.54, 1.807) is 36.9 Å². The number of aromatic amines is 1. The van der Waals surface area contributed by atoms with Gasteiger partial charge >= 0.3 is 5.97 Å². The van der Waals surface area contributed by atoms with Gasteiger partial charge in [0.25, 0.3) is 0 Å². The molecule has 1 aliphatic heterocycles. The van der Waals surface area contributed by atoms with Crippen molar-refractivity contribution in [1.82, 2.24) is 19.7 Å². The van der Waals surface area contributed by atoms with Gasteiger partial charge in [-0.3, -0.25) is 4.79 Å². The number of halogens is 2. The SMILES string of the molecule is CC(Cc1cccc(C2(C)CCCC(C)(C)CSCCc3c(c(F)cc4[nH]ccc34)Sc3ccc(F)c(c3)-c3nc2nn3C)c1)C(=O)O. The van der Waals surface area contributed by atoms with E-state index < -0.39 is 23.1 Å². The summed E-state index contributed by atoms with van der Waals surface area (Å²) >= 11 is 3.21. The molecule has 1 aliphatic rings. The summed E-state index contributed by atoms with van der Waals surface area (Å²) in [4.78, 5) is 21.1. The van der Waals surface area contributed by atoms with E-state index in [9.17, 15) is 9.90 Å². The van der Waals surface area contributed by atoms with E-state index in [2.05, 4.69) is 37.9 Å². The van der Waals surface area contributed by atoms with Gasteiger partial charge in [0.15, 0.2) is 11.6 Å². The van der Waals surface area contributed by atoms with Crippen molar-refractivity contribution in [1.29, 1.82) is 0 Å². The fourth-order valence-electron chi connectivity index (χ4n) is 6.67. The number of carbonyl (C=O) groups is 1. The van der Waals surface area contributed by atoms with Gasteiger partial charge in [-0.25, -0.2) is 18.4 Å². The lowest BCUT2D eigenvalue weighted by Crippen LogP contribution is -2.27. The summed E-state index contributed by atoms with van der Waals surface area (Å²) in [6.45, 7) is 8.44. The molecule has 252 valence electrons. The molecule has 0 aliphatic carbocycles. The summed E-state index contributed by atoms with van der Waals surface area (Å²) in [5.74, 6) is 0.728. The molecule has 2 aromatic heterocycles.